The second kappa shape index (κ2) is 12.5. The molecule has 0 aliphatic carbocycles. The lowest BCUT2D eigenvalue weighted by Gasteiger charge is -2.29. The van der Waals surface area contributed by atoms with Crippen LogP contribution >= 0.6 is 0 Å². The third kappa shape index (κ3) is 8.06. The highest BCUT2D eigenvalue weighted by Crippen LogP contribution is 2.20. The molecule has 1 aromatic rings. The van der Waals surface area contributed by atoms with Gasteiger partial charge >= 0.3 is 17.9 Å². The highest BCUT2D eigenvalue weighted by Gasteiger charge is 2.39. The Morgan fingerprint density at radius 1 is 1.11 bits per heavy atom. The van der Waals surface area contributed by atoms with Crippen molar-refractivity contribution in [1.29, 1.82) is 0 Å². The maximum absolute atomic E-state index is 13.4. The number of aromatic nitrogens is 2. The van der Waals surface area contributed by atoms with Crippen molar-refractivity contribution in [2.24, 2.45) is 5.73 Å². The number of hydrogen-bond acceptors (Lipinski definition) is 8. The summed E-state index contributed by atoms with van der Waals surface area (Å²) < 4.78 is 0. The molecule has 1 aliphatic heterocycles. The van der Waals surface area contributed by atoms with E-state index in [2.05, 4.69) is 20.6 Å². The molecule has 8 N–H and O–H groups in total. The Morgan fingerprint density at radius 3 is 2.40 bits per heavy atom. The van der Waals surface area contributed by atoms with Crippen molar-refractivity contribution < 1.29 is 44.1 Å². The van der Waals surface area contributed by atoms with Crippen LogP contribution in [0, 0.1) is 0 Å². The van der Waals surface area contributed by atoms with Crippen LogP contribution < -0.4 is 16.4 Å². The van der Waals surface area contributed by atoms with Crippen LogP contribution in [0.2, 0.25) is 0 Å². The number of nitrogens with two attached hydrogens (primary N) is 1. The number of H-pyrrole nitrogens is 1. The number of carbonyl (C=O) groups excluding carboxylic acids is 3. The minimum atomic E-state index is -1.68. The Labute approximate surface area is 199 Å². The van der Waals surface area contributed by atoms with Gasteiger partial charge in [0.05, 0.1) is 18.8 Å². The van der Waals surface area contributed by atoms with Crippen molar-refractivity contribution in [3.63, 3.8) is 0 Å². The molecule has 0 radical (unpaired) electrons. The summed E-state index contributed by atoms with van der Waals surface area (Å²) >= 11 is 0. The van der Waals surface area contributed by atoms with Gasteiger partial charge in [-0.15, -0.1) is 0 Å². The molecule has 35 heavy (non-hydrogen) atoms. The van der Waals surface area contributed by atoms with Crippen LogP contribution in [0.3, 0.4) is 0 Å². The molecule has 0 aromatic carbocycles. The lowest BCUT2D eigenvalue weighted by molar-refractivity contribution is -0.148. The molecule has 0 spiro atoms. The molecular formula is C20H28N6O9. The highest BCUT2D eigenvalue weighted by atomic mass is 16.4. The summed E-state index contributed by atoms with van der Waals surface area (Å²) in [5, 5.41) is 31.5. The molecule has 15 nitrogen and oxygen atoms in total. The van der Waals surface area contributed by atoms with Gasteiger partial charge in [0.2, 0.25) is 17.7 Å². The fourth-order valence-electron chi connectivity index (χ4n) is 3.65. The maximum Gasteiger partial charge on any atom is 0.326 e. The lowest BCUT2D eigenvalue weighted by atomic mass is 10.1. The first-order chi connectivity index (χ1) is 16.5. The zero-order chi connectivity index (χ0) is 26.1. The minimum Gasteiger partial charge on any atom is -0.481 e. The number of rotatable bonds is 13. The monoisotopic (exact) mass is 496 g/mol. The van der Waals surface area contributed by atoms with E-state index in [0.29, 0.717) is 12.1 Å². The lowest BCUT2D eigenvalue weighted by Crippen LogP contribution is -2.57. The molecule has 1 aromatic heterocycles. The van der Waals surface area contributed by atoms with Gasteiger partial charge in [-0.3, -0.25) is 24.0 Å². The van der Waals surface area contributed by atoms with Gasteiger partial charge in [-0.2, -0.15) is 0 Å². The van der Waals surface area contributed by atoms with Crippen LogP contribution in [0.4, 0.5) is 0 Å². The predicted molar refractivity (Wildman–Crippen MR) is 116 cm³/mol. The normalized spacial score (nSPS) is 17.7. The Bertz CT molecular complexity index is 951. The van der Waals surface area contributed by atoms with Gasteiger partial charge in [-0.25, -0.2) is 9.78 Å². The molecule has 192 valence electrons. The summed E-state index contributed by atoms with van der Waals surface area (Å²) in [7, 11) is 0. The van der Waals surface area contributed by atoms with Crippen molar-refractivity contribution in [2.75, 3.05) is 6.54 Å². The van der Waals surface area contributed by atoms with E-state index >= 15 is 0 Å². The van der Waals surface area contributed by atoms with Crippen molar-refractivity contribution >= 4 is 35.6 Å². The number of carboxylic acid groups (broad SMARTS) is 3. The first kappa shape index (κ1) is 27.2. The summed E-state index contributed by atoms with van der Waals surface area (Å²) in [5.74, 6) is -6.30. The smallest absolute Gasteiger partial charge is 0.326 e. The number of amides is 3. The van der Waals surface area contributed by atoms with E-state index in [1.165, 1.54) is 17.4 Å². The predicted octanol–water partition coefficient (Wildman–Crippen LogP) is -2.34. The average molecular weight is 496 g/mol. The fraction of sp³-hybridized carbons (Fsp3) is 0.550. The standard InChI is InChI=1S/C20H28N6O9/c21-11(3-4-15(27)28)17(31)24-12(6-10-8-22-9-23-10)19(33)26-5-1-2-14(26)18(32)25-13(20(34)35)7-16(29)30/h8-9,11-14H,1-7,21H2,(H,22,23)(H,24,31)(H,25,32)(H,27,28)(H,29,30)(H,34,35). The summed E-state index contributed by atoms with van der Waals surface area (Å²) in [5.41, 5.74) is 6.25. The maximum atomic E-state index is 13.4. The molecule has 2 heterocycles. The molecule has 4 atom stereocenters. The van der Waals surface area contributed by atoms with Crippen molar-refractivity contribution in [2.45, 2.75) is 62.7 Å². The molecule has 0 bridgehead atoms. The number of imidazole rings is 1. The molecule has 1 aliphatic rings. The van der Waals surface area contributed by atoms with Crippen LogP contribution in [0.5, 0.6) is 0 Å². The third-order valence-electron chi connectivity index (χ3n) is 5.43. The molecule has 0 saturated carbocycles. The molecule has 4 unspecified atom stereocenters. The molecule has 1 saturated heterocycles. The fourth-order valence-corrected chi connectivity index (χ4v) is 3.65. The topological polar surface area (TPSA) is 245 Å². The van der Waals surface area contributed by atoms with Crippen molar-refractivity contribution in [1.82, 2.24) is 25.5 Å². The Kier molecular flexibility index (Phi) is 9.69. The number of hydrogen-bond donors (Lipinski definition) is 7. The highest BCUT2D eigenvalue weighted by molar-refractivity contribution is 5.95. The van der Waals surface area contributed by atoms with Crippen LogP contribution in [-0.4, -0.2) is 96.5 Å². The molecule has 15 heteroatoms. The van der Waals surface area contributed by atoms with Crippen molar-refractivity contribution in [3.05, 3.63) is 18.2 Å². The molecule has 3 amide bonds. The van der Waals surface area contributed by atoms with E-state index < -0.39 is 66.2 Å². The SMILES string of the molecule is NC(CCC(=O)O)C(=O)NC(Cc1cnc[nH]1)C(=O)N1CCCC1C(=O)NC(CC(=O)O)C(=O)O. The first-order valence-electron chi connectivity index (χ1n) is 10.8. The number of aliphatic carboxylic acids is 3. The minimum absolute atomic E-state index is 0.0299. The van der Waals surface area contributed by atoms with E-state index in [1.807, 2.05) is 0 Å². The van der Waals surface area contributed by atoms with Crippen molar-refractivity contribution in [3.8, 4) is 0 Å². The summed E-state index contributed by atoms with van der Waals surface area (Å²) in [4.78, 5) is 79.4. The Balaban J connectivity index is 2.16. The van der Waals surface area contributed by atoms with Crippen LogP contribution in [0.25, 0.3) is 0 Å². The summed E-state index contributed by atoms with van der Waals surface area (Å²) in [6, 6.07) is -5.11. The van der Waals surface area contributed by atoms with Crippen LogP contribution in [0.1, 0.15) is 37.8 Å². The van der Waals surface area contributed by atoms with Gasteiger partial charge < -0.3 is 41.6 Å². The number of aromatic amines is 1. The van der Waals surface area contributed by atoms with Crippen LogP contribution in [-0.2, 0) is 35.2 Å². The largest absolute Gasteiger partial charge is 0.481 e. The number of nitrogens with one attached hydrogen (secondary N) is 3. The molecule has 1 fully saturated rings. The van der Waals surface area contributed by atoms with E-state index in [9.17, 15) is 33.9 Å². The van der Waals surface area contributed by atoms with E-state index in [0.717, 1.165) is 0 Å². The zero-order valence-corrected chi connectivity index (χ0v) is 18.7. The number of carboxylic acids is 3. The van der Waals surface area contributed by atoms with Gasteiger partial charge in [0.15, 0.2) is 0 Å². The first-order valence-corrected chi connectivity index (χ1v) is 10.8. The van der Waals surface area contributed by atoms with E-state index in [1.54, 1.807) is 0 Å². The van der Waals surface area contributed by atoms with Gasteiger partial charge in [0.25, 0.3) is 0 Å². The number of carbonyl (C=O) groups is 6. The van der Waals surface area contributed by atoms with Gasteiger partial charge in [0, 0.05) is 31.3 Å². The van der Waals surface area contributed by atoms with Crippen LogP contribution in [0.15, 0.2) is 12.5 Å². The summed E-state index contributed by atoms with van der Waals surface area (Å²) in [6.07, 6.45) is 2.08. The number of likely N-dealkylation sites (tertiary alicyclic amines) is 1. The Hall–Kier alpha value is -4.01. The van der Waals surface area contributed by atoms with Gasteiger partial charge in [-0.1, -0.05) is 0 Å². The second-order valence-corrected chi connectivity index (χ2v) is 8.07. The van der Waals surface area contributed by atoms with Gasteiger partial charge in [0.1, 0.15) is 18.1 Å². The third-order valence-corrected chi connectivity index (χ3v) is 5.43. The number of nitrogens with zero attached hydrogens (tertiary/aromatic N) is 2. The average Bonchev–Trinajstić information content (AvgIpc) is 3.47. The quantitative estimate of drug-likeness (QED) is 0.152. The van der Waals surface area contributed by atoms with Gasteiger partial charge in [-0.05, 0) is 19.3 Å². The molecular weight excluding hydrogens is 468 g/mol. The molecule has 2 rings (SSSR count). The van der Waals surface area contributed by atoms with E-state index in [-0.39, 0.29) is 32.2 Å². The second-order valence-electron chi connectivity index (χ2n) is 8.07. The summed E-state index contributed by atoms with van der Waals surface area (Å²) in [6.45, 7) is 0.147. The van der Waals surface area contributed by atoms with E-state index in [4.69, 9.17) is 15.9 Å². The zero-order valence-electron chi connectivity index (χ0n) is 18.7. The Morgan fingerprint density at radius 2 is 1.83 bits per heavy atom.